The zero-order valence-corrected chi connectivity index (χ0v) is 13.4. The van der Waals surface area contributed by atoms with E-state index >= 15 is 0 Å². The van der Waals surface area contributed by atoms with Crippen molar-refractivity contribution in [3.63, 3.8) is 0 Å². The summed E-state index contributed by atoms with van der Waals surface area (Å²) in [5, 5.41) is 0. The molecule has 0 amide bonds. The van der Waals surface area contributed by atoms with Crippen molar-refractivity contribution in [1.29, 1.82) is 0 Å². The van der Waals surface area contributed by atoms with Gasteiger partial charge in [-0.25, -0.2) is 0 Å². The van der Waals surface area contributed by atoms with Crippen LogP contribution in [-0.2, 0) is 5.41 Å². The summed E-state index contributed by atoms with van der Waals surface area (Å²) in [4.78, 5) is 1.39. The van der Waals surface area contributed by atoms with E-state index in [0.717, 1.165) is 12.3 Å². The first-order valence-corrected chi connectivity index (χ1v) is 8.35. The van der Waals surface area contributed by atoms with Crippen molar-refractivity contribution in [2.75, 3.05) is 11.6 Å². The van der Waals surface area contributed by atoms with Gasteiger partial charge in [0.1, 0.15) is 0 Å². The summed E-state index contributed by atoms with van der Waals surface area (Å²) in [6.45, 7) is 6.77. The molecular weight excluding hydrogens is 260 g/mol. The number of unbranched alkanes of at least 4 members (excludes halogenated alkanes) is 3. The lowest BCUT2D eigenvalue weighted by molar-refractivity contribution is 0.590. The summed E-state index contributed by atoms with van der Waals surface area (Å²) < 4.78 is 0. The van der Waals surface area contributed by atoms with Gasteiger partial charge in [0.25, 0.3) is 0 Å². The van der Waals surface area contributed by atoms with E-state index in [1.165, 1.54) is 35.5 Å². The van der Waals surface area contributed by atoms with Gasteiger partial charge in [-0.15, -0.1) is 23.4 Å². The molecular formula is C16H25ClS. The fourth-order valence-electron chi connectivity index (χ4n) is 1.79. The normalized spacial score (nSPS) is 11.8. The molecule has 102 valence electrons. The minimum atomic E-state index is 0.255. The maximum atomic E-state index is 5.66. The Morgan fingerprint density at radius 2 is 1.56 bits per heavy atom. The average Bonchev–Trinajstić information content (AvgIpc) is 2.33. The SMILES string of the molecule is CC(C)(C)c1ccc(SCCCCCCCl)cc1. The Hall–Kier alpha value is -0.140. The van der Waals surface area contributed by atoms with Crippen LogP contribution in [0, 0.1) is 0 Å². The lowest BCUT2D eigenvalue weighted by Crippen LogP contribution is -2.10. The third kappa shape index (κ3) is 6.15. The van der Waals surface area contributed by atoms with E-state index < -0.39 is 0 Å². The molecule has 0 fully saturated rings. The van der Waals surface area contributed by atoms with Crippen molar-refractivity contribution < 1.29 is 0 Å². The van der Waals surface area contributed by atoms with E-state index in [9.17, 15) is 0 Å². The molecule has 0 nitrogen and oxygen atoms in total. The topological polar surface area (TPSA) is 0 Å². The number of halogens is 1. The molecule has 1 aromatic carbocycles. The molecule has 1 aromatic rings. The molecule has 0 heterocycles. The van der Waals surface area contributed by atoms with Gasteiger partial charge in [-0.1, -0.05) is 45.7 Å². The quantitative estimate of drug-likeness (QED) is 0.342. The molecule has 1 rings (SSSR count). The third-order valence-corrected chi connectivity index (χ3v) is 4.38. The molecule has 2 heteroatoms. The highest BCUT2D eigenvalue weighted by molar-refractivity contribution is 7.99. The monoisotopic (exact) mass is 284 g/mol. The molecule has 18 heavy (non-hydrogen) atoms. The molecule has 0 bridgehead atoms. The fraction of sp³-hybridized carbons (Fsp3) is 0.625. The minimum absolute atomic E-state index is 0.255. The van der Waals surface area contributed by atoms with Gasteiger partial charge in [0.2, 0.25) is 0 Å². The number of alkyl halides is 1. The van der Waals surface area contributed by atoms with Crippen molar-refractivity contribution in [2.45, 2.75) is 56.8 Å². The first kappa shape index (κ1) is 15.9. The molecule has 0 radical (unpaired) electrons. The van der Waals surface area contributed by atoms with Crippen LogP contribution >= 0.6 is 23.4 Å². The van der Waals surface area contributed by atoms with Crippen LogP contribution in [0.1, 0.15) is 52.0 Å². The van der Waals surface area contributed by atoms with E-state index in [4.69, 9.17) is 11.6 Å². The molecule has 0 atom stereocenters. The van der Waals surface area contributed by atoms with Gasteiger partial charge in [-0.05, 0) is 41.7 Å². The molecule has 0 unspecified atom stereocenters. The Bertz CT molecular complexity index is 324. The molecule has 0 aliphatic heterocycles. The van der Waals surface area contributed by atoms with Gasteiger partial charge in [0.05, 0.1) is 0 Å². The Labute approximate surface area is 122 Å². The molecule has 0 saturated heterocycles. The summed E-state index contributed by atoms with van der Waals surface area (Å²) in [5.74, 6) is 2.03. The lowest BCUT2D eigenvalue weighted by Gasteiger charge is -2.19. The van der Waals surface area contributed by atoms with Crippen LogP contribution in [0.3, 0.4) is 0 Å². The van der Waals surface area contributed by atoms with E-state index in [0.29, 0.717) is 0 Å². The summed E-state index contributed by atoms with van der Waals surface area (Å²) in [6.07, 6.45) is 5.03. The van der Waals surface area contributed by atoms with Crippen molar-refractivity contribution in [2.24, 2.45) is 0 Å². The zero-order chi connectivity index (χ0) is 13.4. The largest absolute Gasteiger partial charge is 0.127 e. The Morgan fingerprint density at radius 3 is 2.11 bits per heavy atom. The van der Waals surface area contributed by atoms with E-state index in [2.05, 4.69) is 45.0 Å². The van der Waals surface area contributed by atoms with Crippen molar-refractivity contribution >= 4 is 23.4 Å². The maximum Gasteiger partial charge on any atom is 0.0223 e. The van der Waals surface area contributed by atoms with E-state index in [1.807, 2.05) is 11.8 Å². The summed E-state index contributed by atoms with van der Waals surface area (Å²) in [6, 6.07) is 9.03. The lowest BCUT2D eigenvalue weighted by atomic mass is 9.87. The predicted molar refractivity (Wildman–Crippen MR) is 85.1 cm³/mol. The summed E-state index contributed by atoms with van der Waals surface area (Å²) >= 11 is 7.62. The standard InChI is InChI=1S/C16H25ClS/c1-16(2,3)14-8-10-15(11-9-14)18-13-7-5-4-6-12-17/h8-11H,4-7,12-13H2,1-3H3. The second kappa shape index (κ2) is 8.12. The summed E-state index contributed by atoms with van der Waals surface area (Å²) in [7, 11) is 0. The van der Waals surface area contributed by atoms with Gasteiger partial charge in [0, 0.05) is 10.8 Å². The molecule has 0 N–H and O–H groups in total. The molecule has 0 aliphatic carbocycles. The fourth-order valence-corrected chi connectivity index (χ4v) is 2.89. The van der Waals surface area contributed by atoms with Crippen molar-refractivity contribution in [1.82, 2.24) is 0 Å². The average molecular weight is 285 g/mol. The highest BCUT2D eigenvalue weighted by atomic mass is 35.5. The maximum absolute atomic E-state index is 5.66. The smallest absolute Gasteiger partial charge is 0.0223 e. The number of thioether (sulfide) groups is 1. The number of benzene rings is 1. The van der Waals surface area contributed by atoms with E-state index in [1.54, 1.807) is 0 Å². The van der Waals surface area contributed by atoms with Crippen LogP contribution in [-0.4, -0.2) is 11.6 Å². The van der Waals surface area contributed by atoms with Crippen LogP contribution in [0.4, 0.5) is 0 Å². The van der Waals surface area contributed by atoms with Crippen LogP contribution in [0.2, 0.25) is 0 Å². The van der Waals surface area contributed by atoms with Gasteiger partial charge in [-0.2, -0.15) is 0 Å². The van der Waals surface area contributed by atoms with Crippen LogP contribution in [0.5, 0.6) is 0 Å². The minimum Gasteiger partial charge on any atom is -0.127 e. The first-order valence-electron chi connectivity index (χ1n) is 6.83. The molecule has 0 saturated carbocycles. The van der Waals surface area contributed by atoms with Gasteiger partial charge < -0.3 is 0 Å². The van der Waals surface area contributed by atoms with Crippen molar-refractivity contribution in [3.05, 3.63) is 29.8 Å². The first-order chi connectivity index (χ1) is 8.54. The second-order valence-electron chi connectivity index (χ2n) is 5.73. The highest BCUT2D eigenvalue weighted by Crippen LogP contribution is 2.26. The third-order valence-electron chi connectivity index (χ3n) is 3.02. The summed E-state index contributed by atoms with van der Waals surface area (Å²) in [5.41, 5.74) is 1.67. The predicted octanol–water partition coefficient (Wildman–Crippen LogP) is 5.88. The second-order valence-corrected chi connectivity index (χ2v) is 7.27. The molecule has 0 spiro atoms. The van der Waals surface area contributed by atoms with Crippen LogP contribution in [0.15, 0.2) is 29.2 Å². The van der Waals surface area contributed by atoms with Crippen LogP contribution < -0.4 is 0 Å². The van der Waals surface area contributed by atoms with Crippen LogP contribution in [0.25, 0.3) is 0 Å². The van der Waals surface area contributed by atoms with Crippen molar-refractivity contribution in [3.8, 4) is 0 Å². The van der Waals surface area contributed by atoms with Gasteiger partial charge in [-0.3, -0.25) is 0 Å². The Balaban J connectivity index is 2.27. The number of rotatable bonds is 7. The molecule has 0 aliphatic rings. The van der Waals surface area contributed by atoms with E-state index in [-0.39, 0.29) is 5.41 Å². The highest BCUT2D eigenvalue weighted by Gasteiger charge is 2.12. The Morgan fingerprint density at radius 1 is 0.944 bits per heavy atom. The number of hydrogen-bond acceptors (Lipinski definition) is 1. The number of hydrogen-bond donors (Lipinski definition) is 0. The van der Waals surface area contributed by atoms with Gasteiger partial charge in [0.15, 0.2) is 0 Å². The molecule has 0 aromatic heterocycles. The Kier molecular flexibility index (Phi) is 7.18. The van der Waals surface area contributed by atoms with Gasteiger partial charge >= 0.3 is 0 Å². The zero-order valence-electron chi connectivity index (χ0n) is 11.8.